The van der Waals surface area contributed by atoms with E-state index in [2.05, 4.69) is 36.2 Å². The molecule has 1 aliphatic rings. The summed E-state index contributed by atoms with van der Waals surface area (Å²) in [6.07, 6.45) is 6.24. The Hall–Kier alpha value is -2.16. The lowest BCUT2D eigenvalue weighted by molar-refractivity contribution is 0.0681. The van der Waals surface area contributed by atoms with Gasteiger partial charge in [0, 0.05) is 19.3 Å². The molecule has 1 aliphatic heterocycles. The maximum atomic E-state index is 12.4. The summed E-state index contributed by atoms with van der Waals surface area (Å²) < 4.78 is 0. The van der Waals surface area contributed by atoms with Gasteiger partial charge in [0.05, 0.1) is 0 Å². The molecule has 120 valence electrons. The van der Waals surface area contributed by atoms with Crippen LogP contribution >= 0.6 is 0 Å². The Morgan fingerprint density at radius 3 is 2.52 bits per heavy atom. The summed E-state index contributed by atoms with van der Waals surface area (Å²) in [5.74, 6) is 0.798. The number of hydrogen-bond acceptors (Lipinski definition) is 2. The van der Waals surface area contributed by atoms with Crippen LogP contribution in [-0.2, 0) is 6.42 Å². The minimum Gasteiger partial charge on any atom is -0.337 e. The van der Waals surface area contributed by atoms with Gasteiger partial charge in [-0.2, -0.15) is 0 Å². The first-order chi connectivity index (χ1) is 11.2. The van der Waals surface area contributed by atoms with Gasteiger partial charge in [-0.05, 0) is 56.2 Å². The highest BCUT2D eigenvalue weighted by atomic mass is 16.2. The van der Waals surface area contributed by atoms with E-state index in [1.54, 1.807) is 12.3 Å². The average Bonchev–Trinajstić information content (AvgIpc) is 2.62. The number of piperidine rings is 1. The third-order valence-corrected chi connectivity index (χ3v) is 4.75. The molecule has 1 amide bonds. The van der Waals surface area contributed by atoms with E-state index in [4.69, 9.17) is 0 Å². The number of pyridine rings is 1. The number of rotatable bonds is 4. The van der Waals surface area contributed by atoms with Gasteiger partial charge in [0.2, 0.25) is 0 Å². The van der Waals surface area contributed by atoms with Gasteiger partial charge in [-0.25, -0.2) is 0 Å². The minimum absolute atomic E-state index is 0.0718. The number of benzene rings is 1. The number of carbonyl (C=O) groups is 1. The molecule has 0 aliphatic carbocycles. The fourth-order valence-corrected chi connectivity index (χ4v) is 3.20. The van der Waals surface area contributed by atoms with Gasteiger partial charge < -0.3 is 4.90 Å². The van der Waals surface area contributed by atoms with Crippen molar-refractivity contribution < 1.29 is 4.79 Å². The van der Waals surface area contributed by atoms with Crippen LogP contribution in [0.1, 0.15) is 40.9 Å². The topological polar surface area (TPSA) is 33.2 Å². The lowest BCUT2D eigenvalue weighted by atomic mass is 9.90. The van der Waals surface area contributed by atoms with Crippen LogP contribution in [0.2, 0.25) is 0 Å². The number of likely N-dealkylation sites (tertiary alicyclic amines) is 1. The molecule has 1 aromatic heterocycles. The Labute approximate surface area is 138 Å². The van der Waals surface area contributed by atoms with E-state index in [1.807, 2.05) is 17.0 Å². The van der Waals surface area contributed by atoms with Crippen molar-refractivity contribution in [1.82, 2.24) is 9.88 Å². The molecule has 0 atom stereocenters. The molecule has 2 heterocycles. The van der Waals surface area contributed by atoms with E-state index in [-0.39, 0.29) is 5.91 Å². The molecule has 0 unspecified atom stereocenters. The molecule has 1 aromatic carbocycles. The summed E-state index contributed by atoms with van der Waals surface area (Å²) in [6, 6.07) is 14.3. The fourth-order valence-electron chi connectivity index (χ4n) is 3.20. The van der Waals surface area contributed by atoms with Crippen molar-refractivity contribution in [2.75, 3.05) is 13.1 Å². The largest absolute Gasteiger partial charge is 0.337 e. The van der Waals surface area contributed by atoms with E-state index >= 15 is 0 Å². The van der Waals surface area contributed by atoms with Crippen LogP contribution in [0.15, 0.2) is 48.7 Å². The molecule has 3 rings (SSSR count). The first-order valence-corrected chi connectivity index (χ1v) is 8.48. The van der Waals surface area contributed by atoms with Crippen molar-refractivity contribution in [2.45, 2.75) is 32.6 Å². The summed E-state index contributed by atoms with van der Waals surface area (Å²) in [6.45, 7) is 3.83. The third-order valence-electron chi connectivity index (χ3n) is 4.75. The van der Waals surface area contributed by atoms with Crippen LogP contribution in [-0.4, -0.2) is 28.9 Å². The van der Waals surface area contributed by atoms with Crippen LogP contribution in [0, 0.1) is 12.8 Å². The molecular formula is C20H24N2O. The van der Waals surface area contributed by atoms with Crippen LogP contribution in [0.25, 0.3) is 0 Å². The second-order valence-corrected chi connectivity index (χ2v) is 6.47. The number of aryl methyl sites for hydroxylation is 2. The standard InChI is InChI=1S/C20H24N2O/c1-16-5-7-17(8-6-16)9-10-18-11-14-22(15-12-18)20(23)19-4-2-3-13-21-19/h2-8,13,18H,9-12,14-15H2,1H3. The fraction of sp³-hybridized carbons (Fsp3) is 0.400. The van der Waals surface area contributed by atoms with Gasteiger partial charge in [-0.1, -0.05) is 35.9 Å². The average molecular weight is 308 g/mol. The van der Waals surface area contributed by atoms with Crippen LogP contribution in [0.4, 0.5) is 0 Å². The highest BCUT2D eigenvalue weighted by Crippen LogP contribution is 2.23. The summed E-state index contributed by atoms with van der Waals surface area (Å²) >= 11 is 0. The molecule has 1 saturated heterocycles. The second-order valence-electron chi connectivity index (χ2n) is 6.47. The molecule has 0 saturated carbocycles. The zero-order chi connectivity index (χ0) is 16.1. The predicted octanol–water partition coefficient (Wildman–Crippen LogP) is 3.88. The van der Waals surface area contributed by atoms with E-state index < -0.39 is 0 Å². The summed E-state index contributed by atoms with van der Waals surface area (Å²) in [4.78, 5) is 18.5. The van der Waals surface area contributed by atoms with Gasteiger partial charge in [0.1, 0.15) is 5.69 Å². The van der Waals surface area contributed by atoms with Gasteiger partial charge >= 0.3 is 0 Å². The quantitative estimate of drug-likeness (QED) is 0.859. The van der Waals surface area contributed by atoms with Crippen LogP contribution in [0.5, 0.6) is 0 Å². The maximum Gasteiger partial charge on any atom is 0.272 e. The number of aromatic nitrogens is 1. The van der Waals surface area contributed by atoms with Crippen molar-refractivity contribution in [3.63, 3.8) is 0 Å². The lowest BCUT2D eigenvalue weighted by Gasteiger charge is -2.31. The van der Waals surface area contributed by atoms with Crippen molar-refractivity contribution >= 4 is 5.91 Å². The summed E-state index contributed by atoms with van der Waals surface area (Å²) in [5, 5.41) is 0. The van der Waals surface area contributed by atoms with Crippen LogP contribution in [0.3, 0.4) is 0 Å². The molecule has 3 nitrogen and oxygen atoms in total. The molecule has 2 aromatic rings. The van der Waals surface area contributed by atoms with Gasteiger partial charge in [0.15, 0.2) is 0 Å². The molecule has 0 spiro atoms. The van der Waals surface area contributed by atoms with Crippen molar-refractivity contribution in [1.29, 1.82) is 0 Å². The molecule has 0 bridgehead atoms. The van der Waals surface area contributed by atoms with Crippen molar-refractivity contribution in [3.8, 4) is 0 Å². The normalized spacial score (nSPS) is 15.6. The van der Waals surface area contributed by atoms with Gasteiger partial charge in [-0.3, -0.25) is 9.78 Å². The Morgan fingerprint density at radius 1 is 1.13 bits per heavy atom. The smallest absolute Gasteiger partial charge is 0.272 e. The highest BCUT2D eigenvalue weighted by Gasteiger charge is 2.23. The predicted molar refractivity (Wildman–Crippen MR) is 92.4 cm³/mol. The molecule has 3 heteroatoms. The minimum atomic E-state index is 0.0718. The van der Waals surface area contributed by atoms with Crippen LogP contribution < -0.4 is 0 Å². The number of nitrogens with zero attached hydrogens (tertiary/aromatic N) is 2. The molecule has 0 radical (unpaired) electrons. The zero-order valence-corrected chi connectivity index (χ0v) is 13.7. The third kappa shape index (κ3) is 4.19. The monoisotopic (exact) mass is 308 g/mol. The highest BCUT2D eigenvalue weighted by molar-refractivity contribution is 5.92. The maximum absolute atomic E-state index is 12.4. The van der Waals surface area contributed by atoms with Crippen molar-refractivity contribution in [2.24, 2.45) is 5.92 Å². The Morgan fingerprint density at radius 2 is 1.87 bits per heavy atom. The Balaban J connectivity index is 1.47. The van der Waals surface area contributed by atoms with E-state index in [9.17, 15) is 4.79 Å². The van der Waals surface area contributed by atoms with E-state index in [0.29, 0.717) is 5.69 Å². The number of amides is 1. The van der Waals surface area contributed by atoms with Crippen molar-refractivity contribution in [3.05, 3.63) is 65.5 Å². The SMILES string of the molecule is Cc1ccc(CCC2CCN(C(=O)c3ccccn3)CC2)cc1. The summed E-state index contributed by atoms with van der Waals surface area (Å²) in [7, 11) is 0. The Bertz CT molecular complexity index is 628. The van der Waals surface area contributed by atoms with Gasteiger partial charge in [0.25, 0.3) is 5.91 Å². The number of hydrogen-bond donors (Lipinski definition) is 0. The lowest BCUT2D eigenvalue weighted by Crippen LogP contribution is -2.38. The van der Waals surface area contributed by atoms with E-state index in [1.165, 1.54) is 17.5 Å². The first kappa shape index (κ1) is 15.7. The zero-order valence-electron chi connectivity index (χ0n) is 13.7. The molecule has 23 heavy (non-hydrogen) atoms. The first-order valence-electron chi connectivity index (χ1n) is 8.48. The Kier molecular flexibility index (Phi) is 5.06. The van der Waals surface area contributed by atoms with Gasteiger partial charge in [-0.15, -0.1) is 0 Å². The van der Waals surface area contributed by atoms with E-state index in [0.717, 1.165) is 38.3 Å². The second kappa shape index (κ2) is 7.40. The number of carbonyl (C=O) groups excluding carboxylic acids is 1. The molecule has 0 N–H and O–H groups in total. The molecular weight excluding hydrogens is 284 g/mol. The molecule has 1 fully saturated rings. The summed E-state index contributed by atoms with van der Waals surface area (Å²) in [5.41, 5.74) is 3.29.